The standard InChI is InChI=1S/C8H14N4O3/c1-5(8(15)11-9)2-12-3-6(13)10-7(14)4-12/h5H,2-4,9H2,1H3,(H,11,15)(H,10,13,14). The molecule has 1 aliphatic heterocycles. The number of nitrogens with zero attached hydrogens (tertiary/aromatic N) is 1. The summed E-state index contributed by atoms with van der Waals surface area (Å²) in [6, 6.07) is 0. The molecular weight excluding hydrogens is 200 g/mol. The predicted molar refractivity (Wildman–Crippen MR) is 51.1 cm³/mol. The van der Waals surface area contributed by atoms with E-state index in [1.54, 1.807) is 11.8 Å². The third-order valence-electron chi connectivity index (χ3n) is 2.14. The van der Waals surface area contributed by atoms with E-state index in [1.165, 1.54) is 0 Å². The van der Waals surface area contributed by atoms with E-state index in [9.17, 15) is 14.4 Å². The maximum absolute atomic E-state index is 11.1. The van der Waals surface area contributed by atoms with Crippen molar-refractivity contribution in [1.82, 2.24) is 15.6 Å². The highest BCUT2D eigenvalue weighted by Crippen LogP contribution is 2.02. The summed E-state index contributed by atoms with van der Waals surface area (Å²) in [5.41, 5.74) is 2.03. The average molecular weight is 214 g/mol. The van der Waals surface area contributed by atoms with Crippen molar-refractivity contribution in [2.24, 2.45) is 11.8 Å². The highest BCUT2D eigenvalue weighted by molar-refractivity contribution is 5.99. The van der Waals surface area contributed by atoms with Gasteiger partial charge in [0.1, 0.15) is 0 Å². The van der Waals surface area contributed by atoms with Crippen LogP contribution in [-0.2, 0) is 14.4 Å². The van der Waals surface area contributed by atoms with Crippen LogP contribution >= 0.6 is 0 Å². The Morgan fingerprint density at radius 1 is 1.53 bits per heavy atom. The molecule has 0 aromatic heterocycles. The normalized spacial score (nSPS) is 19.6. The molecule has 0 radical (unpaired) electrons. The Morgan fingerprint density at radius 3 is 2.53 bits per heavy atom. The second kappa shape index (κ2) is 4.85. The van der Waals surface area contributed by atoms with Crippen molar-refractivity contribution < 1.29 is 14.4 Å². The summed E-state index contributed by atoms with van der Waals surface area (Å²) in [5, 5.41) is 2.18. The highest BCUT2D eigenvalue weighted by atomic mass is 16.2. The van der Waals surface area contributed by atoms with Crippen LogP contribution in [0.2, 0.25) is 0 Å². The third kappa shape index (κ3) is 3.30. The van der Waals surface area contributed by atoms with E-state index in [4.69, 9.17) is 5.84 Å². The molecule has 0 spiro atoms. The lowest BCUT2D eigenvalue weighted by molar-refractivity contribution is -0.137. The van der Waals surface area contributed by atoms with Crippen LogP contribution in [-0.4, -0.2) is 42.3 Å². The summed E-state index contributed by atoms with van der Waals surface area (Å²) < 4.78 is 0. The molecule has 7 heteroatoms. The van der Waals surface area contributed by atoms with Gasteiger partial charge in [0.05, 0.1) is 13.1 Å². The van der Waals surface area contributed by atoms with Gasteiger partial charge in [-0.05, 0) is 0 Å². The summed E-state index contributed by atoms with van der Waals surface area (Å²) in [5.74, 6) is 3.62. The number of carbonyl (C=O) groups is 3. The van der Waals surface area contributed by atoms with Crippen molar-refractivity contribution in [2.75, 3.05) is 19.6 Å². The smallest absolute Gasteiger partial charge is 0.240 e. The van der Waals surface area contributed by atoms with Crippen molar-refractivity contribution in [1.29, 1.82) is 0 Å². The van der Waals surface area contributed by atoms with Crippen LogP contribution in [0, 0.1) is 5.92 Å². The van der Waals surface area contributed by atoms with Gasteiger partial charge in [-0.25, -0.2) is 5.84 Å². The van der Waals surface area contributed by atoms with Crippen molar-refractivity contribution in [3.8, 4) is 0 Å². The first-order valence-corrected chi connectivity index (χ1v) is 4.58. The van der Waals surface area contributed by atoms with E-state index in [-0.39, 0.29) is 36.7 Å². The Bertz CT molecular complexity index is 276. The molecule has 4 N–H and O–H groups in total. The van der Waals surface area contributed by atoms with Gasteiger partial charge < -0.3 is 0 Å². The summed E-state index contributed by atoms with van der Waals surface area (Å²) >= 11 is 0. The van der Waals surface area contributed by atoms with E-state index >= 15 is 0 Å². The minimum atomic E-state index is -0.353. The Balaban J connectivity index is 2.47. The molecule has 1 unspecified atom stereocenters. The van der Waals surface area contributed by atoms with Gasteiger partial charge in [0.15, 0.2) is 0 Å². The van der Waals surface area contributed by atoms with Crippen LogP contribution in [0.3, 0.4) is 0 Å². The number of rotatable bonds is 3. The molecule has 0 aromatic carbocycles. The lowest BCUT2D eigenvalue weighted by atomic mass is 10.1. The first-order valence-electron chi connectivity index (χ1n) is 4.58. The molecule has 1 rings (SSSR count). The van der Waals surface area contributed by atoms with E-state index in [0.717, 1.165) is 0 Å². The quantitative estimate of drug-likeness (QED) is 0.210. The summed E-state index contributed by atoms with van der Waals surface area (Å²) in [7, 11) is 0. The second-order valence-corrected chi connectivity index (χ2v) is 3.55. The molecule has 84 valence electrons. The predicted octanol–water partition coefficient (Wildman–Crippen LogP) is -2.43. The van der Waals surface area contributed by atoms with Gasteiger partial charge in [-0.1, -0.05) is 6.92 Å². The first kappa shape index (κ1) is 11.6. The summed E-state index contributed by atoms with van der Waals surface area (Å²) in [4.78, 5) is 34.7. The van der Waals surface area contributed by atoms with Gasteiger partial charge in [0, 0.05) is 12.5 Å². The molecule has 7 nitrogen and oxygen atoms in total. The van der Waals surface area contributed by atoms with E-state index in [1.807, 2.05) is 5.43 Å². The van der Waals surface area contributed by atoms with Crippen LogP contribution in [0.25, 0.3) is 0 Å². The van der Waals surface area contributed by atoms with Crippen molar-refractivity contribution in [3.05, 3.63) is 0 Å². The van der Waals surface area contributed by atoms with Crippen LogP contribution in [0.4, 0.5) is 0 Å². The number of nitrogens with two attached hydrogens (primary N) is 1. The lowest BCUT2D eigenvalue weighted by Gasteiger charge is -2.27. The fourth-order valence-corrected chi connectivity index (χ4v) is 1.44. The van der Waals surface area contributed by atoms with Gasteiger partial charge in [0.25, 0.3) is 0 Å². The Kier molecular flexibility index (Phi) is 3.75. The molecule has 0 saturated carbocycles. The summed E-state index contributed by atoms with van der Waals surface area (Å²) in [6.07, 6.45) is 0. The monoisotopic (exact) mass is 214 g/mol. The average Bonchev–Trinajstić information content (AvgIpc) is 2.14. The van der Waals surface area contributed by atoms with Gasteiger partial charge >= 0.3 is 0 Å². The fourth-order valence-electron chi connectivity index (χ4n) is 1.44. The molecule has 1 atom stereocenters. The largest absolute Gasteiger partial charge is 0.294 e. The third-order valence-corrected chi connectivity index (χ3v) is 2.14. The maximum atomic E-state index is 11.1. The lowest BCUT2D eigenvalue weighted by Crippen LogP contribution is -2.53. The molecule has 0 bridgehead atoms. The molecule has 1 saturated heterocycles. The highest BCUT2D eigenvalue weighted by Gasteiger charge is 2.25. The first-order chi connectivity index (χ1) is 7.02. The zero-order valence-corrected chi connectivity index (χ0v) is 8.45. The number of hydrogen-bond donors (Lipinski definition) is 3. The Labute approximate surface area is 86.9 Å². The van der Waals surface area contributed by atoms with E-state index in [2.05, 4.69) is 5.32 Å². The minimum Gasteiger partial charge on any atom is -0.294 e. The van der Waals surface area contributed by atoms with Crippen LogP contribution in [0.1, 0.15) is 6.92 Å². The van der Waals surface area contributed by atoms with Crippen molar-refractivity contribution in [3.63, 3.8) is 0 Å². The number of imide groups is 1. The van der Waals surface area contributed by atoms with Crippen molar-refractivity contribution in [2.45, 2.75) is 6.92 Å². The molecule has 1 aliphatic rings. The zero-order valence-electron chi connectivity index (χ0n) is 8.45. The molecule has 3 amide bonds. The molecule has 1 heterocycles. The molecular formula is C8H14N4O3. The van der Waals surface area contributed by atoms with E-state index < -0.39 is 0 Å². The Hall–Kier alpha value is -1.47. The van der Waals surface area contributed by atoms with Gasteiger partial charge in [-0.3, -0.25) is 30.0 Å². The van der Waals surface area contributed by atoms with Crippen LogP contribution < -0.4 is 16.6 Å². The maximum Gasteiger partial charge on any atom is 0.240 e. The fraction of sp³-hybridized carbons (Fsp3) is 0.625. The number of amides is 3. The molecule has 15 heavy (non-hydrogen) atoms. The van der Waals surface area contributed by atoms with Gasteiger partial charge in [0.2, 0.25) is 17.7 Å². The number of nitrogens with one attached hydrogen (secondary N) is 2. The number of hydrogen-bond acceptors (Lipinski definition) is 5. The van der Waals surface area contributed by atoms with Gasteiger partial charge in [-0.15, -0.1) is 0 Å². The van der Waals surface area contributed by atoms with Crippen molar-refractivity contribution >= 4 is 17.7 Å². The molecule has 1 fully saturated rings. The van der Waals surface area contributed by atoms with Crippen LogP contribution in [0.15, 0.2) is 0 Å². The zero-order chi connectivity index (χ0) is 11.4. The SMILES string of the molecule is CC(CN1CC(=O)NC(=O)C1)C(=O)NN. The number of piperazine rings is 1. The van der Waals surface area contributed by atoms with Crippen LogP contribution in [0.5, 0.6) is 0 Å². The Morgan fingerprint density at radius 2 is 2.07 bits per heavy atom. The second-order valence-electron chi connectivity index (χ2n) is 3.55. The molecule has 0 aromatic rings. The minimum absolute atomic E-state index is 0.133. The molecule has 0 aliphatic carbocycles. The topological polar surface area (TPSA) is 105 Å². The number of hydrazine groups is 1. The van der Waals surface area contributed by atoms with E-state index in [0.29, 0.717) is 6.54 Å². The van der Waals surface area contributed by atoms with Gasteiger partial charge in [-0.2, -0.15) is 0 Å². The number of carbonyl (C=O) groups excluding carboxylic acids is 3. The summed E-state index contributed by atoms with van der Waals surface area (Å²) in [6.45, 7) is 2.28.